The van der Waals surface area contributed by atoms with Crippen molar-refractivity contribution < 1.29 is 14.9 Å². The minimum atomic E-state index is -0.986. The molecule has 0 bridgehead atoms. The van der Waals surface area contributed by atoms with Gasteiger partial charge in [0.25, 0.3) is 5.56 Å². The molecule has 0 saturated carbocycles. The Morgan fingerprint density at radius 2 is 2.16 bits per heavy atom. The van der Waals surface area contributed by atoms with Crippen molar-refractivity contribution >= 4 is 15.7 Å². The topological polar surface area (TPSA) is 105 Å². The third-order valence-electron chi connectivity index (χ3n) is 3.31. The average Bonchev–Trinajstić information content (AvgIpc) is 2.78. The van der Waals surface area contributed by atoms with E-state index < -0.39 is 29.5 Å². The first-order valence-electron chi connectivity index (χ1n) is 6.16. The van der Waals surface area contributed by atoms with Crippen molar-refractivity contribution in [3.05, 3.63) is 32.6 Å². The van der Waals surface area contributed by atoms with Crippen molar-refractivity contribution in [2.45, 2.75) is 37.2 Å². The maximum absolute atomic E-state index is 11.7. The summed E-state index contributed by atoms with van der Waals surface area (Å²) in [7, 11) is 3.30. The van der Waals surface area contributed by atoms with E-state index >= 15 is 0 Å². The highest BCUT2D eigenvalue weighted by atomic mass is 16.5. The first-order valence-corrected chi connectivity index (χ1v) is 6.16. The standard InChI is InChI=1S/C10H16B2N2O5/c11-10(12,18)6-1-2-7(19-6)14-3-5(4-15)8(16)13-9(14)17/h3,6-7,15,18H,1-2,4,11-12H2,(H,13,16,17). The number of hydrogen-bond acceptors (Lipinski definition) is 5. The number of H-pyrrole nitrogens is 1. The summed E-state index contributed by atoms with van der Waals surface area (Å²) in [6, 6.07) is 0. The quantitative estimate of drug-likeness (QED) is 0.495. The number of ether oxygens (including phenoxy) is 1. The second-order valence-electron chi connectivity index (χ2n) is 5.29. The molecule has 2 heterocycles. The molecule has 19 heavy (non-hydrogen) atoms. The van der Waals surface area contributed by atoms with E-state index in [9.17, 15) is 14.7 Å². The Morgan fingerprint density at radius 3 is 2.68 bits per heavy atom. The van der Waals surface area contributed by atoms with Crippen molar-refractivity contribution in [3.8, 4) is 0 Å². The van der Waals surface area contributed by atoms with Gasteiger partial charge < -0.3 is 14.9 Å². The first-order chi connectivity index (χ1) is 8.82. The highest BCUT2D eigenvalue weighted by Crippen LogP contribution is 2.30. The van der Waals surface area contributed by atoms with E-state index in [-0.39, 0.29) is 11.7 Å². The Kier molecular flexibility index (Phi) is 3.71. The zero-order valence-corrected chi connectivity index (χ0v) is 10.9. The van der Waals surface area contributed by atoms with Crippen molar-refractivity contribution in [2.24, 2.45) is 0 Å². The molecular formula is C10H16B2N2O5. The smallest absolute Gasteiger partial charge is 0.330 e. The molecule has 1 aromatic heterocycles. The minimum absolute atomic E-state index is 0.106. The van der Waals surface area contributed by atoms with E-state index in [0.29, 0.717) is 12.8 Å². The predicted octanol–water partition coefficient (Wildman–Crippen LogP) is -3.38. The Bertz CT molecular complexity index is 577. The van der Waals surface area contributed by atoms with Gasteiger partial charge in [0.15, 0.2) is 0 Å². The van der Waals surface area contributed by atoms with Gasteiger partial charge in [0.2, 0.25) is 0 Å². The van der Waals surface area contributed by atoms with Gasteiger partial charge in [-0.25, -0.2) is 4.79 Å². The normalized spacial score (nSPS) is 23.7. The monoisotopic (exact) mass is 266 g/mol. The number of nitrogens with one attached hydrogen (secondary N) is 1. The molecule has 0 aliphatic carbocycles. The van der Waals surface area contributed by atoms with E-state index in [4.69, 9.17) is 9.84 Å². The van der Waals surface area contributed by atoms with Gasteiger partial charge in [0.05, 0.1) is 18.3 Å². The van der Waals surface area contributed by atoms with Gasteiger partial charge >= 0.3 is 5.69 Å². The fourth-order valence-corrected chi connectivity index (χ4v) is 2.20. The van der Waals surface area contributed by atoms with Gasteiger partial charge in [-0.2, -0.15) is 0 Å². The number of hydrogen-bond donors (Lipinski definition) is 3. The van der Waals surface area contributed by atoms with Crippen molar-refractivity contribution in [2.75, 3.05) is 0 Å². The highest BCUT2D eigenvalue weighted by Gasteiger charge is 2.36. The van der Waals surface area contributed by atoms with Crippen LogP contribution in [0.4, 0.5) is 0 Å². The summed E-state index contributed by atoms with van der Waals surface area (Å²) in [6.45, 7) is -0.447. The molecule has 0 amide bonds. The molecule has 2 atom stereocenters. The average molecular weight is 266 g/mol. The summed E-state index contributed by atoms with van der Waals surface area (Å²) in [5, 5.41) is 17.9. The predicted molar refractivity (Wildman–Crippen MR) is 72.4 cm³/mol. The summed E-state index contributed by atoms with van der Waals surface area (Å²) >= 11 is 0. The van der Waals surface area contributed by atoms with Gasteiger partial charge in [-0.15, -0.1) is 0 Å². The molecule has 9 heteroatoms. The summed E-state index contributed by atoms with van der Waals surface area (Å²) in [5.74, 6) is 0. The molecule has 0 radical (unpaired) electrons. The lowest BCUT2D eigenvalue weighted by Gasteiger charge is -2.26. The van der Waals surface area contributed by atoms with Crippen LogP contribution >= 0.6 is 0 Å². The summed E-state index contributed by atoms with van der Waals surface area (Å²) in [5.41, 5.74) is -1.07. The van der Waals surface area contributed by atoms with Crippen LogP contribution in [0.2, 0.25) is 0 Å². The first kappa shape index (κ1) is 14.1. The lowest BCUT2D eigenvalue weighted by Crippen LogP contribution is -2.43. The van der Waals surface area contributed by atoms with Crippen LogP contribution in [-0.4, -0.2) is 47.0 Å². The van der Waals surface area contributed by atoms with Crippen LogP contribution in [0.15, 0.2) is 15.8 Å². The van der Waals surface area contributed by atoms with Crippen LogP contribution in [0, 0.1) is 0 Å². The second kappa shape index (κ2) is 4.99. The van der Waals surface area contributed by atoms with Gasteiger partial charge in [-0.1, -0.05) is 0 Å². The van der Waals surface area contributed by atoms with E-state index in [2.05, 4.69) is 4.98 Å². The van der Waals surface area contributed by atoms with Crippen molar-refractivity contribution in [1.29, 1.82) is 0 Å². The second-order valence-corrected chi connectivity index (χ2v) is 5.29. The zero-order valence-electron chi connectivity index (χ0n) is 10.9. The molecule has 2 rings (SSSR count). The van der Waals surface area contributed by atoms with E-state index in [1.807, 2.05) is 0 Å². The van der Waals surface area contributed by atoms with Gasteiger partial charge in [0.1, 0.15) is 21.9 Å². The number of aliphatic hydroxyl groups is 2. The molecule has 1 saturated heterocycles. The fraction of sp³-hybridized carbons (Fsp3) is 0.600. The summed E-state index contributed by atoms with van der Waals surface area (Å²) in [4.78, 5) is 25.2. The van der Waals surface area contributed by atoms with Gasteiger partial charge in [-0.3, -0.25) is 14.3 Å². The van der Waals surface area contributed by atoms with Gasteiger partial charge in [-0.05, 0) is 12.8 Å². The lowest BCUT2D eigenvalue weighted by molar-refractivity contribution is -0.0504. The maximum atomic E-state index is 11.7. The summed E-state index contributed by atoms with van der Waals surface area (Å²) in [6.07, 6.45) is 1.58. The summed E-state index contributed by atoms with van der Waals surface area (Å²) < 4.78 is 6.89. The molecule has 2 unspecified atom stereocenters. The Balaban J connectivity index is 2.30. The van der Waals surface area contributed by atoms with Crippen LogP contribution < -0.4 is 11.2 Å². The van der Waals surface area contributed by atoms with E-state index in [1.165, 1.54) is 10.8 Å². The Hall–Kier alpha value is -1.31. The van der Waals surface area contributed by atoms with Crippen LogP contribution in [0.1, 0.15) is 24.6 Å². The number of rotatable bonds is 3. The number of nitrogens with zero attached hydrogens (tertiary/aromatic N) is 1. The molecule has 1 fully saturated rings. The minimum Gasteiger partial charge on any atom is -0.405 e. The Morgan fingerprint density at radius 1 is 1.47 bits per heavy atom. The molecule has 0 aromatic carbocycles. The third kappa shape index (κ3) is 2.83. The molecule has 1 aliphatic rings. The number of aromatic amines is 1. The SMILES string of the molecule is BC(B)(O)C1CCC(n2cc(CO)c(=O)[nH]c2=O)O1. The highest BCUT2D eigenvalue weighted by molar-refractivity contribution is 6.39. The molecule has 1 aromatic rings. The molecule has 102 valence electrons. The molecule has 1 aliphatic heterocycles. The van der Waals surface area contributed by atoms with E-state index in [0.717, 1.165) is 0 Å². The van der Waals surface area contributed by atoms with Crippen molar-refractivity contribution in [3.63, 3.8) is 0 Å². The lowest BCUT2D eigenvalue weighted by atomic mass is 9.61. The van der Waals surface area contributed by atoms with E-state index in [1.54, 1.807) is 15.7 Å². The maximum Gasteiger partial charge on any atom is 0.330 e. The van der Waals surface area contributed by atoms with Crippen LogP contribution in [0.5, 0.6) is 0 Å². The van der Waals surface area contributed by atoms with Gasteiger partial charge in [0, 0.05) is 11.6 Å². The van der Waals surface area contributed by atoms with Crippen LogP contribution in [-0.2, 0) is 11.3 Å². The molecular weight excluding hydrogens is 250 g/mol. The van der Waals surface area contributed by atoms with Crippen LogP contribution in [0.3, 0.4) is 0 Å². The van der Waals surface area contributed by atoms with Crippen LogP contribution in [0.25, 0.3) is 0 Å². The van der Waals surface area contributed by atoms with Crippen molar-refractivity contribution in [1.82, 2.24) is 9.55 Å². The number of aliphatic hydroxyl groups excluding tert-OH is 1. The number of aromatic nitrogens is 2. The Labute approximate surface area is 111 Å². The third-order valence-corrected chi connectivity index (χ3v) is 3.31. The molecule has 0 spiro atoms. The largest absolute Gasteiger partial charge is 0.405 e. The molecule has 3 N–H and O–H groups in total. The molecule has 7 nitrogen and oxygen atoms in total. The fourth-order valence-electron chi connectivity index (χ4n) is 2.20. The zero-order chi connectivity index (χ0) is 14.2.